The van der Waals surface area contributed by atoms with Gasteiger partial charge in [-0.1, -0.05) is 0 Å². The summed E-state index contributed by atoms with van der Waals surface area (Å²) in [7, 11) is 0. The van der Waals surface area contributed by atoms with Crippen molar-refractivity contribution in [1.29, 1.82) is 0 Å². The molecule has 1 fully saturated rings. The van der Waals surface area contributed by atoms with E-state index in [1.54, 1.807) is 0 Å². The van der Waals surface area contributed by atoms with Crippen LogP contribution in [0.15, 0.2) is 12.3 Å². The van der Waals surface area contributed by atoms with Gasteiger partial charge in [0.05, 0.1) is 5.69 Å². The largest absolute Gasteiger partial charge is 0.380 e. The van der Waals surface area contributed by atoms with Crippen LogP contribution < -0.4 is 10.6 Å². The van der Waals surface area contributed by atoms with Crippen molar-refractivity contribution in [3.05, 3.63) is 17.8 Å². The van der Waals surface area contributed by atoms with Crippen LogP contribution in [0.4, 0.5) is 11.5 Å². The van der Waals surface area contributed by atoms with Crippen LogP contribution in [0.5, 0.6) is 0 Å². The first-order chi connectivity index (χ1) is 6.83. The number of nitrogens with one attached hydrogen (secondary N) is 2. The van der Waals surface area contributed by atoms with Crippen molar-refractivity contribution in [2.75, 3.05) is 17.2 Å². The Morgan fingerprint density at radius 3 is 3.07 bits per heavy atom. The molecule has 1 aliphatic carbocycles. The lowest BCUT2D eigenvalue weighted by atomic mass is 10.1. The molecule has 14 heavy (non-hydrogen) atoms. The SMILES string of the molecule is Cc1cnc2c(c1)NCC(C1CC1)N2. The Kier molecular flexibility index (Phi) is 1.66. The third kappa shape index (κ3) is 1.33. The van der Waals surface area contributed by atoms with Crippen LogP contribution in [0, 0.1) is 12.8 Å². The van der Waals surface area contributed by atoms with E-state index in [1.807, 2.05) is 6.20 Å². The van der Waals surface area contributed by atoms with E-state index in [9.17, 15) is 0 Å². The second kappa shape index (κ2) is 2.87. The Balaban J connectivity index is 1.86. The Bertz CT molecular complexity index is 358. The number of pyridine rings is 1. The van der Waals surface area contributed by atoms with Gasteiger partial charge in [0, 0.05) is 18.8 Å². The molecule has 0 saturated heterocycles. The maximum absolute atomic E-state index is 4.41. The first-order valence-corrected chi connectivity index (χ1v) is 5.30. The number of nitrogens with zero attached hydrogens (tertiary/aromatic N) is 1. The molecule has 1 saturated carbocycles. The summed E-state index contributed by atoms with van der Waals surface area (Å²) in [5, 5.41) is 6.96. The van der Waals surface area contributed by atoms with Crippen molar-refractivity contribution in [3.8, 4) is 0 Å². The molecule has 1 aromatic rings. The minimum atomic E-state index is 0.595. The summed E-state index contributed by atoms with van der Waals surface area (Å²) in [5.74, 6) is 1.90. The van der Waals surface area contributed by atoms with Crippen LogP contribution in [0.3, 0.4) is 0 Å². The summed E-state index contributed by atoms with van der Waals surface area (Å²) >= 11 is 0. The van der Waals surface area contributed by atoms with Crippen LogP contribution in [0.25, 0.3) is 0 Å². The van der Waals surface area contributed by atoms with Gasteiger partial charge in [-0.25, -0.2) is 4.98 Å². The molecular weight excluding hydrogens is 174 g/mol. The highest BCUT2D eigenvalue weighted by Gasteiger charge is 2.33. The van der Waals surface area contributed by atoms with E-state index in [2.05, 4.69) is 28.6 Å². The lowest BCUT2D eigenvalue weighted by Gasteiger charge is -2.27. The summed E-state index contributed by atoms with van der Waals surface area (Å²) in [4.78, 5) is 4.41. The van der Waals surface area contributed by atoms with Crippen LogP contribution in [-0.2, 0) is 0 Å². The summed E-state index contributed by atoms with van der Waals surface area (Å²) in [6.45, 7) is 3.12. The number of hydrogen-bond donors (Lipinski definition) is 2. The van der Waals surface area contributed by atoms with Crippen LogP contribution in [-0.4, -0.2) is 17.6 Å². The van der Waals surface area contributed by atoms with Crippen LogP contribution >= 0.6 is 0 Å². The fourth-order valence-corrected chi connectivity index (χ4v) is 2.05. The van der Waals surface area contributed by atoms with Gasteiger partial charge < -0.3 is 10.6 Å². The maximum Gasteiger partial charge on any atom is 0.149 e. The van der Waals surface area contributed by atoms with E-state index in [4.69, 9.17) is 0 Å². The molecule has 3 nitrogen and oxygen atoms in total. The predicted octanol–water partition coefficient (Wildman–Crippen LogP) is 2.01. The van der Waals surface area contributed by atoms with Gasteiger partial charge in [0.25, 0.3) is 0 Å². The second-order valence-corrected chi connectivity index (χ2v) is 4.38. The first kappa shape index (κ1) is 8.09. The monoisotopic (exact) mass is 189 g/mol. The quantitative estimate of drug-likeness (QED) is 0.709. The van der Waals surface area contributed by atoms with Crippen LogP contribution in [0.2, 0.25) is 0 Å². The molecule has 0 spiro atoms. The molecule has 74 valence electrons. The number of fused-ring (bicyclic) bond motifs is 1. The molecule has 2 heterocycles. The normalized spacial score (nSPS) is 24.8. The summed E-state index contributed by atoms with van der Waals surface area (Å²) < 4.78 is 0. The lowest BCUT2D eigenvalue weighted by molar-refractivity contribution is 0.649. The molecule has 0 amide bonds. The van der Waals surface area contributed by atoms with Gasteiger partial charge in [-0.2, -0.15) is 0 Å². The average molecular weight is 189 g/mol. The number of rotatable bonds is 1. The molecule has 0 aromatic carbocycles. The Hall–Kier alpha value is -1.25. The number of hydrogen-bond acceptors (Lipinski definition) is 3. The summed E-state index contributed by atoms with van der Waals surface area (Å²) in [6, 6.07) is 2.75. The average Bonchev–Trinajstić information content (AvgIpc) is 3.00. The molecule has 2 aliphatic rings. The number of aromatic nitrogens is 1. The second-order valence-electron chi connectivity index (χ2n) is 4.38. The van der Waals surface area contributed by atoms with Gasteiger partial charge in [0.1, 0.15) is 5.82 Å². The molecule has 2 N–H and O–H groups in total. The Morgan fingerprint density at radius 1 is 1.43 bits per heavy atom. The zero-order chi connectivity index (χ0) is 9.54. The van der Waals surface area contributed by atoms with Crippen LogP contribution in [0.1, 0.15) is 18.4 Å². The molecule has 1 aromatic heterocycles. The van der Waals surface area contributed by atoms with Crippen molar-refractivity contribution in [2.45, 2.75) is 25.8 Å². The van der Waals surface area contributed by atoms with Gasteiger partial charge in [-0.3, -0.25) is 0 Å². The van der Waals surface area contributed by atoms with E-state index < -0.39 is 0 Å². The molecule has 1 unspecified atom stereocenters. The Labute approximate surface area is 83.9 Å². The zero-order valence-corrected chi connectivity index (χ0v) is 8.38. The molecule has 1 aliphatic heterocycles. The molecule has 0 radical (unpaired) electrons. The van der Waals surface area contributed by atoms with Gasteiger partial charge in [0.2, 0.25) is 0 Å². The minimum absolute atomic E-state index is 0.595. The smallest absolute Gasteiger partial charge is 0.149 e. The van der Waals surface area contributed by atoms with Crippen molar-refractivity contribution >= 4 is 11.5 Å². The highest BCUT2D eigenvalue weighted by atomic mass is 15.1. The maximum atomic E-state index is 4.41. The van der Waals surface area contributed by atoms with E-state index >= 15 is 0 Å². The number of aryl methyl sites for hydroxylation is 1. The highest BCUT2D eigenvalue weighted by molar-refractivity contribution is 5.67. The van der Waals surface area contributed by atoms with Gasteiger partial charge >= 0.3 is 0 Å². The molecule has 3 heteroatoms. The molecule has 0 bridgehead atoms. The number of anilines is 2. The van der Waals surface area contributed by atoms with E-state index in [-0.39, 0.29) is 0 Å². The van der Waals surface area contributed by atoms with E-state index in [0.717, 1.165) is 24.0 Å². The van der Waals surface area contributed by atoms with Crippen molar-refractivity contribution in [2.24, 2.45) is 5.92 Å². The zero-order valence-electron chi connectivity index (χ0n) is 8.38. The first-order valence-electron chi connectivity index (χ1n) is 5.30. The standard InChI is InChI=1S/C11H15N3/c1-7-4-9-11(13-5-7)14-10(6-12-9)8-2-3-8/h4-5,8,10,12H,2-3,6H2,1H3,(H,13,14). The fraction of sp³-hybridized carbons (Fsp3) is 0.545. The fourth-order valence-electron chi connectivity index (χ4n) is 2.05. The van der Waals surface area contributed by atoms with E-state index in [1.165, 1.54) is 18.4 Å². The van der Waals surface area contributed by atoms with E-state index in [0.29, 0.717) is 6.04 Å². The highest BCUT2D eigenvalue weighted by Crippen LogP contribution is 2.37. The van der Waals surface area contributed by atoms with Gasteiger partial charge in [0.15, 0.2) is 0 Å². The third-order valence-electron chi connectivity index (χ3n) is 3.05. The summed E-state index contributed by atoms with van der Waals surface area (Å²) in [5.41, 5.74) is 2.37. The third-order valence-corrected chi connectivity index (χ3v) is 3.05. The van der Waals surface area contributed by atoms with Crippen molar-refractivity contribution in [3.63, 3.8) is 0 Å². The van der Waals surface area contributed by atoms with Gasteiger partial charge in [-0.05, 0) is 37.3 Å². The minimum Gasteiger partial charge on any atom is -0.380 e. The van der Waals surface area contributed by atoms with Crippen molar-refractivity contribution < 1.29 is 0 Å². The lowest BCUT2D eigenvalue weighted by Crippen LogP contribution is -2.35. The molecular formula is C11H15N3. The topological polar surface area (TPSA) is 37.0 Å². The molecule has 1 atom stereocenters. The van der Waals surface area contributed by atoms with Crippen molar-refractivity contribution in [1.82, 2.24) is 4.98 Å². The Morgan fingerprint density at radius 2 is 2.29 bits per heavy atom. The summed E-state index contributed by atoms with van der Waals surface area (Å²) in [6.07, 6.45) is 4.67. The van der Waals surface area contributed by atoms with Gasteiger partial charge in [-0.15, -0.1) is 0 Å². The predicted molar refractivity (Wildman–Crippen MR) is 57.6 cm³/mol. The molecule has 3 rings (SSSR count).